The minimum atomic E-state index is -0.593. The zero-order chi connectivity index (χ0) is 19.5. The fourth-order valence-electron chi connectivity index (χ4n) is 2.97. The Morgan fingerprint density at radius 3 is 2.64 bits per heavy atom. The van der Waals surface area contributed by atoms with E-state index in [0.29, 0.717) is 27.6 Å². The number of aromatic nitrogens is 2. The van der Waals surface area contributed by atoms with Crippen molar-refractivity contribution in [1.29, 1.82) is 0 Å². The predicted molar refractivity (Wildman–Crippen MR) is 110 cm³/mol. The molecule has 3 N–H and O–H groups in total. The van der Waals surface area contributed by atoms with Gasteiger partial charge < -0.3 is 5.32 Å². The molecule has 1 heterocycles. The van der Waals surface area contributed by atoms with Crippen LogP contribution in [0.2, 0.25) is 5.02 Å². The highest BCUT2D eigenvalue weighted by atomic mass is 35.5. The molecule has 0 aliphatic rings. The molecule has 0 spiro atoms. The summed E-state index contributed by atoms with van der Waals surface area (Å²) in [5, 5.41) is 13.8. The van der Waals surface area contributed by atoms with Crippen molar-refractivity contribution in [3.05, 3.63) is 77.3 Å². The Morgan fingerprint density at radius 2 is 1.86 bits per heavy atom. The number of alkyl halides is 1. The first-order valence-corrected chi connectivity index (χ1v) is 8.98. The van der Waals surface area contributed by atoms with Gasteiger partial charge in [-0.15, -0.1) is 0 Å². The van der Waals surface area contributed by atoms with Crippen LogP contribution >= 0.6 is 11.6 Å². The largest absolute Gasteiger partial charge is 0.324 e. The van der Waals surface area contributed by atoms with Crippen molar-refractivity contribution in [2.45, 2.75) is 6.67 Å². The average molecular weight is 395 g/mol. The molecular weight excluding hydrogens is 379 g/mol. The summed E-state index contributed by atoms with van der Waals surface area (Å²) in [6, 6.07) is 19.5. The van der Waals surface area contributed by atoms with Gasteiger partial charge in [-0.3, -0.25) is 10.4 Å². The summed E-state index contributed by atoms with van der Waals surface area (Å²) < 4.78 is 12.8. The van der Waals surface area contributed by atoms with Crippen LogP contribution in [0.1, 0.15) is 5.56 Å². The van der Waals surface area contributed by atoms with Crippen LogP contribution in [0.3, 0.4) is 0 Å². The van der Waals surface area contributed by atoms with Gasteiger partial charge in [-0.25, -0.2) is 9.18 Å². The van der Waals surface area contributed by atoms with Gasteiger partial charge in [0.25, 0.3) is 0 Å². The lowest BCUT2D eigenvalue weighted by Crippen LogP contribution is -2.19. The molecule has 0 saturated carbocycles. The second-order valence-corrected chi connectivity index (χ2v) is 6.64. The molecule has 28 heavy (non-hydrogen) atoms. The highest BCUT2D eigenvalue weighted by Gasteiger charge is 2.13. The van der Waals surface area contributed by atoms with Crippen LogP contribution in [0, 0.1) is 0 Å². The van der Waals surface area contributed by atoms with Gasteiger partial charge in [0.1, 0.15) is 6.67 Å². The van der Waals surface area contributed by atoms with Crippen molar-refractivity contribution in [3.8, 4) is 11.1 Å². The molecule has 0 aliphatic heterocycles. The number of hydrogen-bond acceptors (Lipinski definition) is 2. The van der Waals surface area contributed by atoms with Crippen LogP contribution in [0.4, 0.5) is 20.7 Å². The Kier molecular flexibility index (Phi) is 4.95. The van der Waals surface area contributed by atoms with Gasteiger partial charge in [0.05, 0.1) is 10.5 Å². The summed E-state index contributed by atoms with van der Waals surface area (Å²) in [6.07, 6.45) is 0. The molecule has 0 saturated heterocycles. The maximum Gasteiger partial charge on any atom is 0.324 e. The molecule has 0 aliphatic carbocycles. The number of aromatic amines is 1. The third-order valence-corrected chi connectivity index (χ3v) is 4.62. The number of halogens is 2. The van der Waals surface area contributed by atoms with Crippen LogP contribution in [-0.2, 0) is 6.67 Å². The quantitative estimate of drug-likeness (QED) is 0.397. The van der Waals surface area contributed by atoms with Crippen LogP contribution in [0.5, 0.6) is 0 Å². The van der Waals surface area contributed by atoms with Crippen molar-refractivity contribution in [2.24, 2.45) is 0 Å². The third-order valence-electron chi connectivity index (χ3n) is 4.31. The highest BCUT2D eigenvalue weighted by molar-refractivity contribution is 6.34. The number of amides is 2. The lowest BCUT2D eigenvalue weighted by Gasteiger charge is -2.08. The topological polar surface area (TPSA) is 69.8 Å². The van der Waals surface area contributed by atoms with Crippen molar-refractivity contribution in [2.75, 3.05) is 10.6 Å². The van der Waals surface area contributed by atoms with Gasteiger partial charge in [0.15, 0.2) is 5.82 Å². The zero-order valence-corrected chi connectivity index (χ0v) is 15.4. The minimum Gasteiger partial charge on any atom is -0.308 e. The SMILES string of the molecule is O=C(Nc1cccc(CF)c1)Nc1n[nH]c2cc(Cl)c(-c3ccccc3)cc12. The number of carbonyl (C=O) groups excluding carboxylic acids is 1. The molecule has 3 aromatic carbocycles. The first kappa shape index (κ1) is 18.0. The summed E-state index contributed by atoms with van der Waals surface area (Å²) in [5.41, 5.74) is 3.51. The van der Waals surface area contributed by atoms with E-state index in [1.807, 2.05) is 36.4 Å². The van der Waals surface area contributed by atoms with E-state index in [4.69, 9.17) is 11.6 Å². The Balaban J connectivity index is 1.61. The molecule has 4 rings (SSSR count). The molecule has 0 unspecified atom stereocenters. The summed E-state index contributed by atoms with van der Waals surface area (Å²) in [7, 11) is 0. The van der Waals surface area contributed by atoms with Crippen LogP contribution in [0.15, 0.2) is 66.7 Å². The summed E-state index contributed by atoms with van der Waals surface area (Å²) in [4.78, 5) is 12.3. The lowest BCUT2D eigenvalue weighted by atomic mass is 10.0. The summed E-state index contributed by atoms with van der Waals surface area (Å²) in [6.45, 7) is -0.593. The fraction of sp³-hybridized carbons (Fsp3) is 0.0476. The van der Waals surface area contributed by atoms with Gasteiger partial charge >= 0.3 is 6.03 Å². The van der Waals surface area contributed by atoms with E-state index in [2.05, 4.69) is 20.8 Å². The summed E-state index contributed by atoms with van der Waals surface area (Å²) >= 11 is 6.41. The molecule has 4 aromatic rings. The normalized spacial score (nSPS) is 10.8. The van der Waals surface area contributed by atoms with Crippen LogP contribution in [0.25, 0.3) is 22.0 Å². The van der Waals surface area contributed by atoms with Gasteiger partial charge in [0.2, 0.25) is 0 Å². The molecule has 0 radical (unpaired) electrons. The number of benzene rings is 3. The molecular formula is C21H16ClFN4O. The molecule has 0 atom stereocenters. The number of nitrogens with one attached hydrogen (secondary N) is 3. The zero-order valence-electron chi connectivity index (χ0n) is 14.7. The first-order chi connectivity index (χ1) is 13.6. The van der Waals surface area contributed by atoms with E-state index in [0.717, 1.165) is 16.5 Å². The first-order valence-electron chi connectivity index (χ1n) is 8.60. The number of carbonyl (C=O) groups is 1. The summed E-state index contributed by atoms with van der Waals surface area (Å²) in [5.74, 6) is 0.378. The number of nitrogens with zero attached hydrogens (tertiary/aromatic N) is 1. The van der Waals surface area contributed by atoms with Gasteiger partial charge in [-0.1, -0.05) is 54.1 Å². The van der Waals surface area contributed by atoms with Crippen molar-refractivity contribution in [3.63, 3.8) is 0 Å². The Morgan fingerprint density at radius 1 is 1.04 bits per heavy atom. The monoisotopic (exact) mass is 394 g/mol. The van der Waals surface area contributed by atoms with Crippen LogP contribution < -0.4 is 10.6 Å². The number of urea groups is 1. The van der Waals surface area contributed by atoms with Gasteiger partial charge in [0, 0.05) is 16.6 Å². The molecule has 7 heteroatoms. The third kappa shape index (κ3) is 3.68. The van der Waals surface area contributed by atoms with Crippen molar-refractivity contribution < 1.29 is 9.18 Å². The number of fused-ring (bicyclic) bond motifs is 1. The van der Waals surface area contributed by atoms with Crippen molar-refractivity contribution in [1.82, 2.24) is 10.2 Å². The van der Waals surface area contributed by atoms with E-state index >= 15 is 0 Å². The highest BCUT2D eigenvalue weighted by Crippen LogP contribution is 2.34. The number of anilines is 2. The minimum absolute atomic E-state index is 0.378. The Hall–Kier alpha value is -3.38. The molecule has 0 fully saturated rings. The van der Waals surface area contributed by atoms with E-state index < -0.39 is 12.7 Å². The van der Waals surface area contributed by atoms with E-state index in [-0.39, 0.29) is 0 Å². The fourth-order valence-corrected chi connectivity index (χ4v) is 3.25. The second kappa shape index (κ2) is 7.70. The second-order valence-electron chi connectivity index (χ2n) is 6.23. The molecule has 5 nitrogen and oxygen atoms in total. The smallest absolute Gasteiger partial charge is 0.308 e. The lowest BCUT2D eigenvalue weighted by molar-refractivity contribution is 0.262. The molecule has 1 aromatic heterocycles. The van der Waals surface area contributed by atoms with Gasteiger partial charge in [-0.05, 0) is 35.4 Å². The maximum absolute atomic E-state index is 12.8. The molecule has 2 amide bonds. The van der Waals surface area contributed by atoms with E-state index in [1.54, 1.807) is 30.3 Å². The van der Waals surface area contributed by atoms with Gasteiger partial charge in [-0.2, -0.15) is 5.10 Å². The number of rotatable bonds is 4. The van der Waals surface area contributed by atoms with Crippen molar-refractivity contribution >= 4 is 40.0 Å². The average Bonchev–Trinajstić information content (AvgIpc) is 3.09. The van der Waals surface area contributed by atoms with E-state index in [9.17, 15) is 9.18 Å². The molecule has 140 valence electrons. The Labute approximate surface area is 165 Å². The number of H-pyrrole nitrogens is 1. The Bertz CT molecular complexity index is 1140. The predicted octanol–water partition coefficient (Wildman–Crippen LogP) is 6.00. The maximum atomic E-state index is 12.8. The van der Waals surface area contributed by atoms with E-state index in [1.165, 1.54) is 0 Å². The molecule has 0 bridgehead atoms. The van der Waals surface area contributed by atoms with Crippen LogP contribution in [-0.4, -0.2) is 16.2 Å². The standard InChI is InChI=1S/C21H16ClFN4O/c22-18-11-19-17(10-16(18)14-6-2-1-3-7-14)20(27-26-19)25-21(28)24-15-8-4-5-13(9-15)12-23/h1-11H,12H2,(H3,24,25,26,27,28). The number of hydrogen-bond donors (Lipinski definition) is 3.